The third kappa shape index (κ3) is 1.77. The van der Waals surface area contributed by atoms with Gasteiger partial charge in [0.25, 0.3) is 0 Å². The molecule has 1 heterocycles. The lowest BCUT2D eigenvalue weighted by molar-refractivity contribution is -0.149. The molecule has 5 heteroatoms. The first-order valence-corrected chi connectivity index (χ1v) is 9.93. The van der Waals surface area contributed by atoms with Crippen LogP contribution >= 0.6 is 0 Å². The largest absolute Gasteiger partial charge is 0.480 e. The highest BCUT2D eigenvalue weighted by atomic mass is 16.4. The lowest BCUT2D eigenvalue weighted by atomic mass is 9.47. The molecule has 7 rings (SSSR count). The van der Waals surface area contributed by atoms with Crippen LogP contribution in [0.4, 0.5) is 5.69 Å². The van der Waals surface area contributed by atoms with Crippen molar-refractivity contribution in [2.45, 2.75) is 11.3 Å². The molecule has 4 aliphatic rings. The number of hydrogen-bond donors (Lipinski definition) is 1. The minimum Gasteiger partial charge on any atom is -0.480 e. The number of rotatable bonds is 2. The van der Waals surface area contributed by atoms with E-state index in [0.29, 0.717) is 16.8 Å². The Labute approximate surface area is 172 Å². The van der Waals surface area contributed by atoms with E-state index in [0.717, 1.165) is 11.1 Å². The third-order valence-electron chi connectivity index (χ3n) is 6.97. The summed E-state index contributed by atoms with van der Waals surface area (Å²) in [5.74, 6) is -3.90. The van der Waals surface area contributed by atoms with E-state index in [1.165, 1.54) is 4.90 Å². The van der Waals surface area contributed by atoms with Crippen molar-refractivity contribution in [2.24, 2.45) is 11.8 Å². The number of para-hydroxylation sites is 1. The van der Waals surface area contributed by atoms with Gasteiger partial charge in [0.1, 0.15) is 5.41 Å². The molecule has 146 valence electrons. The Balaban J connectivity index is 1.70. The summed E-state index contributed by atoms with van der Waals surface area (Å²) in [6.45, 7) is 0. The number of carboxylic acids is 1. The molecule has 2 bridgehead atoms. The van der Waals surface area contributed by atoms with Gasteiger partial charge in [0, 0.05) is 5.92 Å². The van der Waals surface area contributed by atoms with Crippen molar-refractivity contribution in [2.75, 3.05) is 4.90 Å². The maximum Gasteiger partial charge on any atom is 0.319 e. The molecule has 2 atom stereocenters. The summed E-state index contributed by atoms with van der Waals surface area (Å²) in [6.07, 6.45) is 0. The van der Waals surface area contributed by atoms with Crippen molar-refractivity contribution >= 4 is 23.5 Å². The number of hydrogen-bond acceptors (Lipinski definition) is 3. The highest BCUT2D eigenvalue weighted by molar-refractivity contribution is 6.25. The molecular formula is C25H17NO4. The van der Waals surface area contributed by atoms with Gasteiger partial charge in [0.05, 0.1) is 17.5 Å². The number of anilines is 1. The number of imide groups is 1. The number of carbonyl (C=O) groups is 3. The Kier molecular flexibility index (Phi) is 3.24. The van der Waals surface area contributed by atoms with Crippen LogP contribution in [0.15, 0.2) is 78.9 Å². The van der Waals surface area contributed by atoms with E-state index in [9.17, 15) is 19.5 Å². The molecule has 3 aliphatic carbocycles. The Hall–Kier alpha value is -3.73. The molecule has 1 fully saturated rings. The highest BCUT2D eigenvalue weighted by Gasteiger charge is 2.71. The van der Waals surface area contributed by atoms with Crippen molar-refractivity contribution in [1.82, 2.24) is 0 Å². The zero-order chi connectivity index (χ0) is 20.6. The van der Waals surface area contributed by atoms with Crippen molar-refractivity contribution in [3.63, 3.8) is 0 Å². The summed E-state index contributed by atoms with van der Waals surface area (Å²) in [7, 11) is 0. The van der Waals surface area contributed by atoms with E-state index in [4.69, 9.17) is 0 Å². The van der Waals surface area contributed by atoms with E-state index in [1.54, 1.807) is 48.5 Å². The predicted molar refractivity (Wildman–Crippen MR) is 109 cm³/mol. The zero-order valence-electron chi connectivity index (χ0n) is 15.9. The molecule has 0 radical (unpaired) electrons. The molecule has 0 aromatic heterocycles. The Morgan fingerprint density at radius 1 is 0.767 bits per heavy atom. The molecule has 30 heavy (non-hydrogen) atoms. The molecule has 1 saturated heterocycles. The van der Waals surface area contributed by atoms with Crippen LogP contribution in [0, 0.1) is 11.8 Å². The van der Waals surface area contributed by atoms with Crippen LogP contribution < -0.4 is 4.90 Å². The second-order valence-corrected chi connectivity index (χ2v) is 8.12. The minimum absolute atomic E-state index is 0.323. The molecule has 0 spiro atoms. The van der Waals surface area contributed by atoms with Crippen molar-refractivity contribution in [1.29, 1.82) is 0 Å². The first kappa shape index (κ1) is 17.2. The van der Waals surface area contributed by atoms with Gasteiger partial charge in [0.15, 0.2) is 0 Å². The van der Waals surface area contributed by atoms with E-state index < -0.39 is 29.1 Å². The van der Waals surface area contributed by atoms with Crippen molar-refractivity contribution in [3.8, 4) is 0 Å². The molecule has 3 aromatic carbocycles. The number of aliphatic carboxylic acids is 1. The molecule has 0 saturated carbocycles. The molecule has 1 aliphatic heterocycles. The average molecular weight is 395 g/mol. The van der Waals surface area contributed by atoms with Crippen molar-refractivity contribution in [3.05, 3.63) is 101 Å². The monoisotopic (exact) mass is 395 g/mol. The predicted octanol–water partition coefficient (Wildman–Crippen LogP) is 3.32. The highest BCUT2D eigenvalue weighted by Crippen LogP contribution is 2.64. The van der Waals surface area contributed by atoms with E-state index >= 15 is 0 Å². The van der Waals surface area contributed by atoms with Gasteiger partial charge in [-0.25, -0.2) is 4.90 Å². The van der Waals surface area contributed by atoms with Gasteiger partial charge < -0.3 is 5.11 Å². The molecule has 5 nitrogen and oxygen atoms in total. The summed E-state index contributed by atoms with van der Waals surface area (Å²) < 4.78 is 0. The fraction of sp³-hybridized carbons (Fsp3) is 0.160. The third-order valence-corrected chi connectivity index (χ3v) is 6.97. The van der Waals surface area contributed by atoms with E-state index in [1.807, 2.05) is 30.3 Å². The van der Waals surface area contributed by atoms with Crippen LogP contribution in [-0.2, 0) is 19.8 Å². The van der Waals surface area contributed by atoms with Crippen LogP contribution in [0.25, 0.3) is 0 Å². The summed E-state index contributed by atoms with van der Waals surface area (Å²) >= 11 is 0. The van der Waals surface area contributed by atoms with Crippen LogP contribution in [0.5, 0.6) is 0 Å². The maximum atomic E-state index is 13.7. The Bertz CT molecular complexity index is 1200. The summed E-state index contributed by atoms with van der Waals surface area (Å²) in [6, 6.07) is 23.5. The molecule has 2 amide bonds. The number of amides is 2. The molecule has 1 N–H and O–H groups in total. The van der Waals surface area contributed by atoms with Crippen LogP contribution in [-0.4, -0.2) is 22.9 Å². The van der Waals surface area contributed by atoms with E-state index in [-0.39, 0.29) is 11.8 Å². The molecule has 0 unspecified atom stereocenters. The zero-order valence-corrected chi connectivity index (χ0v) is 15.9. The fourth-order valence-electron chi connectivity index (χ4n) is 5.97. The summed E-state index contributed by atoms with van der Waals surface area (Å²) in [4.78, 5) is 41.6. The quantitative estimate of drug-likeness (QED) is 0.676. The van der Waals surface area contributed by atoms with Crippen LogP contribution in [0.1, 0.15) is 28.2 Å². The number of benzene rings is 3. The summed E-state index contributed by atoms with van der Waals surface area (Å²) in [5.41, 5.74) is 1.81. The van der Waals surface area contributed by atoms with Gasteiger partial charge in [-0.15, -0.1) is 0 Å². The van der Waals surface area contributed by atoms with Gasteiger partial charge in [-0.3, -0.25) is 14.4 Å². The van der Waals surface area contributed by atoms with Gasteiger partial charge in [-0.05, 0) is 34.4 Å². The van der Waals surface area contributed by atoms with Gasteiger partial charge >= 0.3 is 5.97 Å². The summed E-state index contributed by atoms with van der Waals surface area (Å²) in [5, 5.41) is 10.6. The minimum atomic E-state index is -1.58. The van der Waals surface area contributed by atoms with E-state index in [2.05, 4.69) is 0 Å². The fourth-order valence-corrected chi connectivity index (χ4v) is 5.97. The SMILES string of the molecule is O=C1[C@@H]2C3c4ccccc4C(C(=O)O)(c4ccccc43)[C@@H]2C(=O)N1c1ccccc1. The van der Waals surface area contributed by atoms with Gasteiger partial charge in [-0.1, -0.05) is 66.7 Å². The standard InChI is InChI=1S/C25H17NO4/c27-22-20-19-15-10-4-6-12-17(15)25(24(29)30,18-13-7-5-11-16(18)19)21(20)23(28)26(22)14-8-2-1-3-9-14/h1-13,19-21H,(H,29,30)/t19?,20-,21+,25?/m1/s1. The van der Waals surface area contributed by atoms with Gasteiger partial charge in [-0.2, -0.15) is 0 Å². The van der Waals surface area contributed by atoms with Gasteiger partial charge in [0.2, 0.25) is 11.8 Å². The number of nitrogens with zero attached hydrogens (tertiary/aromatic N) is 1. The Morgan fingerprint density at radius 3 is 1.87 bits per heavy atom. The second-order valence-electron chi connectivity index (χ2n) is 8.12. The van der Waals surface area contributed by atoms with Crippen molar-refractivity contribution < 1.29 is 19.5 Å². The lowest BCUT2D eigenvalue weighted by Crippen LogP contribution is -2.57. The molecular weight excluding hydrogens is 378 g/mol. The number of carboxylic acid groups (broad SMARTS) is 1. The maximum absolute atomic E-state index is 13.7. The smallest absolute Gasteiger partial charge is 0.319 e. The van der Waals surface area contributed by atoms with Crippen LogP contribution in [0.3, 0.4) is 0 Å². The van der Waals surface area contributed by atoms with Crippen LogP contribution in [0.2, 0.25) is 0 Å². The topological polar surface area (TPSA) is 74.7 Å². The Morgan fingerprint density at radius 2 is 1.30 bits per heavy atom. The first-order chi connectivity index (χ1) is 14.6. The molecule has 3 aromatic rings. The average Bonchev–Trinajstić information content (AvgIpc) is 3.05. The number of carbonyl (C=O) groups excluding carboxylic acids is 2. The lowest BCUT2D eigenvalue weighted by Gasteiger charge is -2.51. The second kappa shape index (κ2) is 5.66. The first-order valence-electron chi connectivity index (χ1n) is 9.93. The normalized spacial score (nSPS) is 28.1.